The second-order valence-corrected chi connectivity index (χ2v) is 5.91. The SMILES string of the molecule is Cc1ccc(OCCCCN[C@@H](C)c2ccccc2)c(C)c1. The highest BCUT2D eigenvalue weighted by Crippen LogP contribution is 2.19. The van der Waals surface area contributed by atoms with E-state index >= 15 is 0 Å². The van der Waals surface area contributed by atoms with Crippen LogP contribution in [0.25, 0.3) is 0 Å². The van der Waals surface area contributed by atoms with E-state index < -0.39 is 0 Å². The molecule has 1 N–H and O–H groups in total. The predicted octanol–water partition coefficient (Wildman–Crippen LogP) is 4.81. The van der Waals surface area contributed by atoms with E-state index in [1.807, 2.05) is 0 Å². The number of benzene rings is 2. The van der Waals surface area contributed by atoms with Crippen LogP contribution in [0.3, 0.4) is 0 Å². The summed E-state index contributed by atoms with van der Waals surface area (Å²) in [5.41, 5.74) is 3.84. The second-order valence-electron chi connectivity index (χ2n) is 5.91. The number of rotatable bonds is 8. The zero-order valence-corrected chi connectivity index (χ0v) is 13.9. The maximum absolute atomic E-state index is 5.86. The number of aryl methyl sites for hydroxylation is 2. The van der Waals surface area contributed by atoms with Gasteiger partial charge in [0.25, 0.3) is 0 Å². The molecule has 0 fully saturated rings. The third-order valence-electron chi connectivity index (χ3n) is 3.91. The van der Waals surface area contributed by atoms with Crippen LogP contribution in [0.15, 0.2) is 48.5 Å². The van der Waals surface area contributed by atoms with E-state index in [-0.39, 0.29) is 0 Å². The number of nitrogens with one attached hydrogen (secondary N) is 1. The molecule has 0 unspecified atom stereocenters. The van der Waals surface area contributed by atoms with E-state index in [0.29, 0.717) is 6.04 Å². The molecule has 0 aliphatic heterocycles. The summed E-state index contributed by atoms with van der Waals surface area (Å²) in [5, 5.41) is 3.56. The van der Waals surface area contributed by atoms with Gasteiger partial charge < -0.3 is 10.1 Å². The van der Waals surface area contributed by atoms with Crippen LogP contribution in [0, 0.1) is 13.8 Å². The molecular formula is C20H27NO. The summed E-state index contributed by atoms with van der Waals surface area (Å²) in [6.07, 6.45) is 2.20. The Morgan fingerprint density at radius 1 is 1.00 bits per heavy atom. The van der Waals surface area contributed by atoms with E-state index in [0.717, 1.165) is 31.7 Å². The molecular weight excluding hydrogens is 270 g/mol. The van der Waals surface area contributed by atoms with Crippen molar-refractivity contribution in [1.82, 2.24) is 5.32 Å². The maximum Gasteiger partial charge on any atom is 0.122 e. The monoisotopic (exact) mass is 297 g/mol. The highest BCUT2D eigenvalue weighted by molar-refractivity contribution is 5.35. The average molecular weight is 297 g/mol. The van der Waals surface area contributed by atoms with Gasteiger partial charge in [0.1, 0.15) is 5.75 Å². The molecule has 0 heterocycles. The molecule has 0 spiro atoms. The fraction of sp³-hybridized carbons (Fsp3) is 0.400. The van der Waals surface area contributed by atoms with Crippen LogP contribution in [0.4, 0.5) is 0 Å². The third-order valence-corrected chi connectivity index (χ3v) is 3.91. The minimum Gasteiger partial charge on any atom is -0.493 e. The van der Waals surface area contributed by atoms with Crippen LogP contribution in [0.1, 0.15) is 42.5 Å². The lowest BCUT2D eigenvalue weighted by Crippen LogP contribution is -2.20. The summed E-state index contributed by atoms with van der Waals surface area (Å²) in [7, 11) is 0. The molecule has 2 rings (SSSR count). The van der Waals surface area contributed by atoms with Gasteiger partial charge in [-0.1, -0.05) is 48.0 Å². The summed E-state index contributed by atoms with van der Waals surface area (Å²) in [5.74, 6) is 1.01. The Balaban J connectivity index is 1.61. The Bertz CT molecular complexity index is 565. The molecule has 0 aromatic heterocycles. The van der Waals surface area contributed by atoms with Gasteiger partial charge in [0.15, 0.2) is 0 Å². The Hall–Kier alpha value is -1.80. The summed E-state index contributed by atoms with van der Waals surface area (Å²) in [6.45, 7) is 8.22. The lowest BCUT2D eigenvalue weighted by atomic mass is 10.1. The lowest BCUT2D eigenvalue weighted by Gasteiger charge is -2.14. The fourth-order valence-corrected chi connectivity index (χ4v) is 2.55. The minimum atomic E-state index is 0.404. The molecule has 2 aromatic carbocycles. The highest BCUT2D eigenvalue weighted by atomic mass is 16.5. The molecule has 118 valence electrons. The molecule has 0 aliphatic rings. The van der Waals surface area contributed by atoms with Crippen molar-refractivity contribution in [2.24, 2.45) is 0 Å². The number of hydrogen-bond acceptors (Lipinski definition) is 2. The molecule has 0 aliphatic carbocycles. The quantitative estimate of drug-likeness (QED) is 0.706. The van der Waals surface area contributed by atoms with Crippen molar-refractivity contribution >= 4 is 0 Å². The molecule has 0 amide bonds. The van der Waals surface area contributed by atoms with Crippen molar-refractivity contribution in [3.8, 4) is 5.75 Å². The van der Waals surface area contributed by atoms with Crippen molar-refractivity contribution in [1.29, 1.82) is 0 Å². The molecule has 22 heavy (non-hydrogen) atoms. The van der Waals surface area contributed by atoms with E-state index in [2.05, 4.69) is 74.6 Å². The third kappa shape index (κ3) is 5.19. The lowest BCUT2D eigenvalue weighted by molar-refractivity contribution is 0.303. The molecule has 0 radical (unpaired) electrons. The molecule has 0 saturated heterocycles. The van der Waals surface area contributed by atoms with Gasteiger partial charge in [-0.15, -0.1) is 0 Å². The van der Waals surface area contributed by atoms with Gasteiger partial charge in [0, 0.05) is 6.04 Å². The van der Waals surface area contributed by atoms with Gasteiger partial charge in [0.05, 0.1) is 6.61 Å². The van der Waals surface area contributed by atoms with Crippen molar-refractivity contribution < 1.29 is 4.74 Å². The Morgan fingerprint density at radius 2 is 1.77 bits per heavy atom. The van der Waals surface area contributed by atoms with E-state index in [1.165, 1.54) is 16.7 Å². The first kappa shape index (κ1) is 16.6. The first-order valence-corrected chi connectivity index (χ1v) is 8.15. The van der Waals surface area contributed by atoms with Gasteiger partial charge in [-0.2, -0.15) is 0 Å². The number of unbranched alkanes of at least 4 members (excludes halogenated alkanes) is 1. The second kappa shape index (κ2) is 8.60. The minimum absolute atomic E-state index is 0.404. The van der Waals surface area contributed by atoms with Gasteiger partial charge >= 0.3 is 0 Å². The summed E-state index contributed by atoms with van der Waals surface area (Å²) < 4.78 is 5.86. The topological polar surface area (TPSA) is 21.3 Å². The predicted molar refractivity (Wildman–Crippen MR) is 93.5 cm³/mol. The normalized spacial score (nSPS) is 12.1. The zero-order valence-electron chi connectivity index (χ0n) is 13.9. The summed E-state index contributed by atoms with van der Waals surface area (Å²) in [6, 6.07) is 17.3. The fourth-order valence-electron chi connectivity index (χ4n) is 2.55. The van der Waals surface area contributed by atoms with Crippen molar-refractivity contribution in [3.05, 3.63) is 65.2 Å². The largest absolute Gasteiger partial charge is 0.493 e. The Kier molecular flexibility index (Phi) is 6.47. The van der Waals surface area contributed by atoms with Crippen molar-refractivity contribution in [3.63, 3.8) is 0 Å². The van der Waals surface area contributed by atoms with Crippen LogP contribution >= 0.6 is 0 Å². The van der Waals surface area contributed by atoms with E-state index in [4.69, 9.17) is 4.74 Å². The average Bonchev–Trinajstić information content (AvgIpc) is 2.53. The summed E-state index contributed by atoms with van der Waals surface area (Å²) in [4.78, 5) is 0. The van der Waals surface area contributed by atoms with Crippen LogP contribution in [-0.4, -0.2) is 13.2 Å². The highest BCUT2D eigenvalue weighted by Gasteiger charge is 2.03. The molecule has 2 heteroatoms. The summed E-state index contributed by atoms with van der Waals surface area (Å²) >= 11 is 0. The smallest absolute Gasteiger partial charge is 0.122 e. The Morgan fingerprint density at radius 3 is 2.50 bits per heavy atom. The number of hydrogen-bond donors (Lipinski definition) is 1. The molecule has 2 aromatic rings. The maximum atomic E-state index is 5.86. The van der Waals surface area contributed by atoms with Crippen molar-refractivity contribution in [2.45, 2.75) is 39.7 Å². The van der Waals surface area contributed by atoms with Gasteiger partial charge in [-0.05, 0) is 57.4 Å². The Labute approximate surface area is 134 Å². The molecule has 2 nitrogen and oxygen atoms in total. The van der Waals surface area contributed by atoms with Crippen LogP contribution in [-0.2, 0) is 0 Å². The van der Waals surface area contributed by atoms with Gasteiger partial charge in [0.2, 0.25) is 0 Å². The van der Waals surface area contributed by atoms with Gasteiger partial charge in [-0.25, -0.2) is 0 Å². The van der Waals surface area contributed by atoms with Gasteiger partial charge in [-0.3, -0.25) is 0 Å². The van der Waals surface area contributed by atoms with Crippen LogP contribution in [0.5, 0.6) is 5.75 Å². The molecule has 1 atom stereocenters. The van der Waals surface area contributed by atoms with E-state index in [9.17, 15) is 0 Å². The van der Waals surface area contributed by atoms with Crippen LogP contribution in [0.2, 0.25) is 0 Å². The molecule has 0 bridgehead atoms. The van der Waals surface area contributed by atoms with E-state index in [1.54, 1.807) is 0 Å². The standard InChI is InChI=1S/C20H27NO/c1-16-11-12-20(17(2)15-16)22-14-8-7-13-21-18(3)19-9-5-4-6-10-19/h4-6,9-12,15,18,21H,7-8,13-14H2,1-3H3/t18-/m0/s1. The number of ether oxygens (including phenoxy) is 1. The van der Waals surface area contributed by atoms with Crippen LogP contribution < -0.4 is 10.1 Å². The van der Waals surface area contributed by atoms with Crippen molar-refractivity contribution in [2.75, 3.05) is 13.2 Å². The first-order valence-electron chi connectivity index (χ1n) is 8.15. The zero-order chi connectivity index (χ0) is 15.8. The molecule has 0 saturated carbocycles. The first-order chi connectivity index (χ1) is 10.7.